The summed E-state index contributed by atoms with van der Waals surface area (Å²) in [6, 6.07) is 0. The fraction of sp³-hybridized carbons (Fsp3) is 0.923. The minimum absolute atomic E-state index is 0.184. The van der Waals surface area contributed by atoms with Gasteiger partial charge in [0.05, 0.1) is 0 Å². The molecule has 1 saturated heterocycles. The van der Waals surface area contributed by atoms with Crippen molar-refractivity contribution in [2.75, 3.05) is 19.7 Å². The van der Waals surface area contributed by atoms with Crippen molar-refractivity contribution in [1.82, 2.24) is 4.90 Å². The second-order valence-corrected chi connectivity index (χ2v) is 4.68. The molecular formula is C13H25NO2. The number of nitrogens with zero attached hydrogens (tertiary/aromatic N) is 1. The van der Waals surface area contributed by atoms with E-state index < -0.39 is 0 Å². The molecule has 16 heavy (non-hydrogen) atoms. The molecule has 0 unspecified atom stereocenters. The van der Waals surface area contributed by atoms with Crippen molar-refractivity contribution >= 4 is 5.91 Å². The van der Waals surface area contributed by atoms with Crippen molar-refractivity contribution in [2.45, 2.75) is 57.8 Å². The van der Waals surface area contributed by atoms with Crippen LogP contribution in [-0.2, 0) is 4.79 Å². The number of aliphatic hydroxyl groups is 1. The monoisotopic (exact) mass is 227 g/mol. The van der Waals surface area contributed by atoms with Crippen LogP contribution in [0.2, 0.25) is 0 Å². The molecule has 1 N–H and O–H groups in total. The first-order valence-electron chi connectivity index (χ1n) is 6.73. The molecule has 94 valence electrons. The van der Waals surface area contributed by atoms with Gasteiger partial charge in [-0.25, -0.2) is 0 Å². The number of hydrogen-bond acceptors (Lipinski definition) is 2. The van der Waals surface area contributed by atoms with Crippen LogP contribution in [0.3, 0.4) is 0 Å². The molecule has 0 atom stereocenters. The average molecular weight is 227 g/mol. The maximum absolute atomic E-state index is 11.9. The van der Waals surface area contributed by atoms with Crippen molar-refractivity contribution in [3.8, 4) is 0 Å². The molecule has 1 fully saturated rings. The topological polar surface area (TPSA) is 40.5 Å². The zero-order chi connectivity index (χ0) is 11.6. The molecule has 0 aromatic heterocycles. The van der Waals surface area contributed by atoms with E-state index >= 15 is 0 Å². The Hall–Kier alpha value is -0.570. The highest BCUT2D eigenvalue weighted by atomic mass is 16.3. The molecular weight excluding hydrogens is 202 g/mol. The Kier molecular flexibility index (Phi) is 7.23. The van der Waals surface area contributed by atoms with E-state index in [1.165, 1.54) is 32.1 Å². The molecule has 0 saturated carbocycles. The Morgan fingerprint density at radius 1 is 1.00 bits per heavy atom. The summed E-state index contributed by atoms with van der Waals surface area (Å²) in [6.45, 7) is 1.80. The van der Waals surface area contributed by atoms with Gasteiger partial charge in [0.1, 0.15) is 0 Å². The molecule has 0 bridgehead atoms. The van der Waals surface area contributed by atoms with Crippen LogP contribution in [0.25, 0.3) is 0 Å². The zero-order valence-electron chi connectivity index (χ0n) is 10.3. The highest BCUT2D eigenvalue weighted by Crippen LogP contribution is 2.13. The summed E-state index contributed by atoms with van der Waals surface area (Å²) < 4.78 is 0. The zero-order valence-corrected chi connectivity index (χ0v) is 10.3. The summed E-state index contributed by atoms with van der Waals surface area (Å²) in [6.07, 6.45) is 9.92. The molecule has 1 heterocycles. The number of rotatable bonds is 3. The van der Waals surface area contributed by atoms with Crippen molar-refractivity contribution < 1.29 is 9.90 Å². The largest absolute Gasteiger partial charge is 0.396 e. The van der Waals surface area contributed by atoms with Gasteiger partial charge in [-0.3, -0.25) is 4.79 Å². The van der Waals surface area contributed by atoms with E-state index in [0.29, 0.717) is 12.8 Å². The minimum Gasteiger partial charge on any atom is -0.396 e. The fourth-order valence-electron chi connectivity index (χ4n) is 2.24. The van der Waals surface area contributed by atoms with E-state index in [0.717, 1.165) is 25.9 Å². The standard InChI is InChI=1S/C13H25NO2/c15-12-8-11-14-10-7-5-3-1-2-4-6-9-13(14)16/h15H,1-12H2. The van der Waals surface area contributed by atoms with Gasteiger partial charge in [0.25, 0.3) is 0 Å². The maximum Gasteiger partial charge on any atom is 0.222 e. The van der Waals surface area contributed by atoms with Gasteiger partial charge in [0, 0.05) is 26.1 Å². The van der Waals surface area contributed by atoms with Gasteiger partial charge < -0.3 is 10.0 Å². The van der Waals surface area contributed by atoms with Gasteiger partial charge in [0.15, 0.2) is 0 Å². The number of aliphatic hydroxyl groups excluding tert-OH is 1. The summed E-state index contributed by atoms with van der Waals surface area (Å²) in [5.74, 6) is 0.287. The van der Waals surface area contributed by atoms with Crippen LogP contribution in [0, 0.1) is 0 Å². The Morgan fingerprint density at radius 3 is 2.31 bits per heavy atom. The molecule has 3 heteroatoms. The van der Waals surface area contributed by atoms with Crippen LogP contribution in [0.5, 0.6) is 0 Å². The lowest BCUT2D eigenvalue weighted by Crippen LogP contribution is -2.33. The second kappa shape index (κ2) is 8.57. The van der Waals surface area contributed by atoms with Gasteiger partial charge >= 0.3 is 0 Å². The van der Waals surface area contributed by atoms with Gasteiger partial charge in [-0.05, 0) is 19.3 Å². The molecule has 0 spiro atoms. The van der Waals surface area contributed by atoms with E-state index in [1.54, 1.807) is 0 Å². The second-order valence-electron chi connectivity index (χ2n) is 4.68. The smallest absolute Gasteiger partial charge is 0.222 e. The van der Waals surface area contributed by atoms with Gasteiger partial charge in [-0.2, -0.15) is 0 Å². The van der Waals surface area contributed by atoms with Crippen LogP contribution >= 0.6 is 0 Å². The number of carbonyl (C=O) groups excluding carboxylic acids is 1. The highest BCUT2D eigenvalue weighted by Gasteiger charge is 2.12. The predicted molar refractivity (Wildman–Crippen MR) is 65.2 cm³/mol. The Balaban J connectivity index is 2.38. The maximum atomic E-state index is 11.9. The van der Waals surface area contributed by atoms with Crippen LogP contribution in [0.1, 0.15) is 57.8 Å². The van der Waals surface area contributed by atoms with Crippen molar-refractivity contribution in [3.05, 3.63) is 0 Å². The third kappa shape index (κ3) is 5.50. The third-order valence-corrected chi connectivity index (χ3v) is 3.26. The van der Waals surface area contributed by atoms with E-state index in [-0.39, 0.29) is 12.5 Å². The lowest BCUT2D eigenvalue weighted by atomic mass is 10.1. The van der Waals surface area contributed by atoms with Crippen LogP contribution in [0.15, 0.2) is 0 Å². The van der Waals surface area contributed by atoms with Crippen LogP contribution in [0.4, 0.5) is 0 Å². The van der Waals surface area contributed by atoms with E-state index in [1.807, 2.05) is 4.90 Å². The molecule has 0 aliphatic carbocycles. The SMILES string of the molecule is O=C1CCCCCCCCCN1CCCO. The Bertz CT molecular complexity index is 194. The molecule has 1 rings (SSSR count). The lowest BCUT2D eigenvalue weighted by Gasteiger charge is -2.22. The third-order valence-electron chi connectivity index (χ3n) is 3.26. The first-order chi connectivity index (χ1) is 7.84. The van der Waals surface area contributed by atoms with Crippen molar-refractivity contribution in [3.63, 3.8) is 0 Å². The predicted octanol–water partition coefficient (Wildman–Crippen LogP) is 2.33. The summed E-state index contributed by atoms with van der Waals surface area (Å²) in [5, 5.41) is 8.82. The van der Waals surface area contributed by atoms with Crippen molar-refractivity contribution in [2.24, 2.45) is 0 Å². The molecule has 0 aromatic carbocycles. The Morgan fingerprint density at radius 2 is 1.62 bits per heavy atom. The van der Waals surface area contributed by atoms with Gasteiger partial charge in [0.2, 0.25) is 5.91 Å². The van der Waals surface area contributed by atoms with Gasteiger partial charge in [-0.1, -0.05) is 32.1 Å². The molecule has 1 aliphatic rings. The first-order valence-corrected chi connectivity index (χ1v) is 6.73. The average Bonchev–Trinajstić information content (AvgIpc) is 2.33. The van der Waals surface area contributed by atoms with E-state index in [4.69, 9.17) is 5.11 Å². The number of amides is 1. The highest BCUT2D eigenvalue weighted by molar-refractivity contribution is 5.76. The van der Waals surface area contributed by atoms with Crippen LogP contribution in [-0.4, -0.2) is 35.6 Å². The number of hydrogen-bond donors (Lipinski definition) is 1. The van der Waals surface area contributed by atoms with Crippen molar-refractivity contribution in [1.29, 1.82) is 0 Å². The molecule has 1 aliphatic heterocycles. The fourth-order valence-corrected chi connectivity index (χ4v) is 2.24. The summed E-state index contributed by atoms with van der Waals surface area (Å²) in [4.78, 5) is 13.8. The Labute approximate surface area is 98.8 Å². The van der Waals surface area contributed by atoms with E-state index in [9.17, 15) is 4.79 Å². The summed E-state index contributed by atoms with van der Waals surface area (Å²) >= 11 is 0. The lowest BCUT2D eigenvalue weighted by molar-refractivity contribution is -0.131. The minimum atomic E-state index is 0.184. The quantitative estimate of drug-likeness (QED) is 0.804. The summed E-state index contributed by atoms with van der Waals surface area (Å²) in [5.41, 5.74) is 0. The normalized spacial score (nSPS) is 20.6. The first kappa shape index (κ1) is 13.5. The molecule has 1 amide bonds. The van der Waals surface area contributed by atoms with Gasteiger partial charge in [-0.15, -0.1) is 0 Å². The van der Waals surface area contributed by atoms with E-state index in [2.05, 4.69) is 0 Å². The molecule has 0 radical (unpaired) electrons. The number of carbonyl (C=O) groups is 1. The molecule has 3 nitrogen and oxygen atoms in total. The van der Waals surface area contributed by atoms with Crippen LogP contribution < -0.4 is 0 Å². The molecule has 0 aromatic rings. The summed E-state index contributed by atoms with van der Waals surface area (Å²) in [7, 11) is 0.